The standard InChI is InChI=1S/C30H36ClN3O6S/c1-21(22-8-11-24(12-9-22)33-16-6-5-7-17-33)32-30(35)20-34(26-18-23(31)10-14-27(26)38-2)41(36,37)25-13-15-28(39-3)29(19-25)40-4/h8-15,18-19,21H,5-7,16-17,20H2,1-4H3,(H,32,35). The summed E-state index contributed by atoms with van der Waals surface area (Å²) in [5.74, 6) is 0.352. The number of halogens is 1. The Morgan fingerprint density at radius 3 is 2.17 bits per heavy atom. The quantitative estimate of drug-likeness (QED) is 0.313. The van der Waals surface area contributed by atoms with E-state index in [9.17, 15) is 13.2 Å². The van der Waals surface area contributed by atoms with Crippen LogP contribution in [-0.4, -0.2) is 55.3 Å². The van der Waals surface area contributed by atoms with Crippen molar-refractivity contribution in [3.63, 3.8) is 0 Å². The van der Waals surface area contributed by atoms with Gasteiger partial charge in [-0.3, -0.25) is 9.10 Å². The zero-order valence-electron chi connectivity index (χ0n) is 23.7. The molecule has 0 spiro atoms. The van der Waals surface area contributed by atoms with Crippen molar-refractivity contribution in [2.24, 2.45) is 0 Å². The van der Waals surface area contributed by atoms with Crippen LogP contribution in [0.2, 0.25) is 5.02 Å². The summed E-state index contributed by atoms with van der Waals surface area (Å²) in [4.78, 5) is 15.6. The summed E-state index contributed by atoms with van der Waals surface area (Å²) in [6, 6.07) is 16.6. The minimum Gasteiger partial charge on any atom is -0.495 e. The number of carbonyl (C=O) groups excluding carboxylic acids is 1. The molecule has 1 aliphatic heterocycles. The van der Waals surface area contributed by atoms with Crippen LogP contribution in [-0.2, 0) is 14.8 Å². The lowest BCUT2D eigenvalue weighted by Crippen LogP contribution is -2.41. The molecule has 1 N–H and O–H groups in total. The van der Waals surface area contributed by atoms with Crippen molar-refractivity contribution >= 4 is 38.9 Å². The second-order valence-electron chi connectivity index (χ2n) is 9.77. The molecule has 1 heterocycles. The second-order valence-corrected chi connectivity index (χ2v) is 12.1. The van der Waals surface area contributed by atoms with Crippen molar-refractivity contribution in [2.45, 2.75) is 37.1 Å². The smallest absolute Gasteiger partial charge is 0.265 e. The molecule has 0 aliphatic carbocycles. The molecule has 41 heavy (non-hydrogen) atoms. The van der Waals surface area contributed by atoms with Crippen molar-refractivity contribution in [1.82, 2.24) is 5.32 Å². The summed E-state index contributed by atoms with van der Waals surface area (Å²) in [6.45, 7) is 3.44. The number of rotatable bonds is 11. The first-order valence-electron chi connectivity index (χ1n) is 13.4. The van der Waals surface area contributed by atoms with Gasteiger partial charge in [-0.1, -0.05) is 23.7 Å². The molecular formula is C30H36ClN3O6S. The zero-order valence-corrected chi connectivity index (χ0v) is 25.3. The predicted molar refractivity (Wildman–Crippen MR) is 161 cm³/mol. The summed E-state index contributed by atoms with van der Waals surface area (Å²) >= 11 is 6.25. The molecular weight excluding hydrogens is 566 g/mol. The number of benzene rings is 3. The van der Waals surface area contributed by atoms with Crippen molar-refractivity contribution in [3.8, 4) is 17.2 Å². The first-order chi connectivity index (χ1) is 19.7. The van der Waals surface area contributed by atoms with Gasteiger partial charge in [0.05, 0.1) is 38.0 Å². The largest absolute Gasteiger partial charge is 0.495 e. The number of ether oxygens (including phenoxy) is 3. The predicted octanol–water partition coefficient (Wildman–Crippen LogP) is 5.43. The maximum Gasteiger partial charge on any atom is 0.265 e. The normalized spacial score (nSPS) is 14.2. The maximum atomic E-state index is 14.0. The van der Waals surface area contributed by atoms with Gasteiger partial charge in [0.2, 0.25) is 5.91 Å². The van der Waals surface area contributed by atoms with Crippen LogP contribution in [0.25, 0.3) is 0 Å². The molecule has 3 aromatic carbocycles. The summed E-state index contributed by atoms with van der Waals surface area (Å²) in [5.41, 5.74) is 2.20. The lowest BCUT2D eigenvalue weighted by Gasteiger charge is -2.29. The Balaban J connectivity index is 1.61. The summed E-state index contributed by atoms with van der Waals surface area (Å²) < 4.78 is 45.0. The Hall–Kier alpha value is -3.63. The van der Waals surface area contributed by atoms with Crippen molar-refractivity contribution in [1.29, 1.82) is 0 Å². The molecule has 0 saturated carbocycles. The van der Waals surface area contributed by atoms with Gasteiger partial charge in [0.15, 0.2) is 11.5 Å². The molecule has 0 bridgehead atoms. The van der Waals surface area contributed by atoms with Crippen LogP contribution in [0.5, 0.6) is 17.2 Å². The molecule has 1 atom stereocenters. The molecule has 1 amide bonds. The fourth-order valence-electron chi connectivity index (χ4n) is 4.89. The van der Waals surface area contributed by atoms with Gasteiger partial charge in [-0.2, -0.15) is 0 Å². The maximum absolute atomic E-state index is 14.0. The van der Waals surface area contributed by atoms with Crippen molar-refractivity contribution in [2.75, 3.05) is 50.2 Å². The van der Waals surface area contributed by atoms with Crippen LogP contribution >= 0.6 is 11.6 Å². The zero-order chi connectivity index (χ0) is 29.6. The highest BCUT2D eigenvalue weighted by Crippen LogP contribution is 2.37. The van der Waals surface area contributed by atoms with Crippen LogP contribution in [0.4, 0.5) is 11.4 Å². The average molecular weight is 602 g/mol. The van der Waals surface area contributed by atoms with E-state index in [1.54, 1.807) is 12.1 Å². The van der Waals surface area contributed by atoms with E-state index in [0.717, 1.165) is 28.6 Å². The Bertz CT molecular complexity index is 1460. The minimum atomic E-state index is -4.28. The number of methoxy groups -OCH3 is 3. The highest BCUT2D eigenvalue weighted by atomic mass is 35.5. The Labute approximate surface area is 247 Å². The van der Waals surface area contributed by atoms with E-state index in [1.165, 1.54) is 64.9 Å². The van der Waals surface area contributed by atoms with Crippen LogP contribution in [0.15, 0.2) is 65.6 Å². The molecule has 1 fully saturated rings. The number of hydrogen-bond acceptors (Lipinski definition) is 7. The van der Waals surface area contributed by atoms with Gasteiger partial charge < -0.3 is 24.4 Å². The van der Waals surface area contributed by atoms with E-state index in [1.807, 2.05) is 19.1 Å². The highest BCUT2D eigenvalue weighted by molar-refractivity contribution is 7.92. The molecule has 4 rings (SSSR count). The molecule has 0 radical (unpaired) electrons. The molecule has 11 heteroatoms. The highest BCUT2D eigenvalue weighted by Gasteiger charge is 2.31. The van der Waals surface area contributed by atoms with Gasteiger partial charge in [0.25, 0.3) is 10.0 Å². The van der Waals surface area contributed by atoms with E-state index in [4.69, 9.17) is 25.8 Å². The van der Waals surface area contributed by atoms with Crippen LogP contribution in [0.1, 0.15) is 37.8 Å². The van der Waals surface area contributed by atoms with E-state index in [-0.39, 0.29) is 33.1 Å². The third-order valence-electron chi connectivity index (χ3n) is 7.13. The van der Waals surface area contributed by atoms with Gasteiger partial charge in [0.1, 0.15) is 12.3 Å². The number of nitrogens with zero attached hydrogens (tertiary/aromatic N) is 2. The van der Waals surface area contributed by atoms with Crippen molar-refractivity contribution in [3.05, 3.63) is 71.2 Å². The lowest BCUT2D eigenvalue weighted by molar-refractivity contribution is -0.120. The Morgan fingerprint density at radius 1 is 0.902 bits per heavy atom. The number of amides is 1. The third kappa shape index (κ3) is 7.00. The average Bonchev–Trinajstić information content (AvgIpc) is 2.99. The molecule has 1 unspecified atom stereocenters. The van der Waals surface area contributed by atoms with Gasteiger partial charge in [0, 0.05) is 29.9 Å². The fourth-order valence-corrected chi connectivity index (χ4v) is 6.49. The third-order valence-corrected chi connectivity index (χ3v) is 9.12. The molecule has 3 aromatic rings. The fraction of sp³-hybridized carbons (Fsp3) is 0.367. The SMILES string of the molecule is COc1ccc(S(=O)(=O)N(CC(=O)NC(C)c2ccc(N3CCCCC3)cc2)c2cc(Cl)ccc2OC)cc1OC. The van der Waals surface area contributed by atoms with Crippen LogP contribution < -0.4 is 28.7 Å². The number of hydrogen-bond donors (Lipinski definition) is 1. The summed E-state index contributed by atoms with van der Waals surface area (Å²) in [7, 11) is 0.0152. The van der Waals surface area contributed by atoms with E-state index < -0.39 is 22.5 Å². The van der Waals surface area contributed by atoms with E-state index >= 15 is 0 Å². The number of anilines is 2. The number of sulfonamides is 1. The molecule has 9 nitrogen and oxygen atoms in total. The van der Waals surface area contributed by atoms with E-state index in [2.05, 4.69) is 22.3 Å². The summed E-state index contributed by atoms with van der Waals surface area (Å²) in [5, 5.41) is 3.22. The van der Waals surface area contributed by atoms with Crippen LogP contribution in [0.3, 0.4) is 0 Å². The number of nitrogens with one attached hydrogen (secondary N) is 1. The monoisotopic (exact) mass is 601 g/mol. The van der Waals surface area contributed by atoms with Crippen molar-refractivity contribution < 1.29 is 27.4 Å². The van der Waals surface area contributed by atoms with Crippen LogP contribution in [0, 0.1) is 0 Å². The van der Waals surface area contributed by atoms with Gasteiger partial charge in [-0.25, -0.2) is 8.42 Å². The summed E-state index contributed by atoms with van der Waals surface area (Å²) in [6.07, 6.45) is 3.64. The molecule has 1 aliphatic rings. The topological polar surface area (TPSA) is 97.4 Å². The van der Waals surface area contributed by atoms with Gasteiger partial charge in [-0.15, -0.1) is 0 Å². The molecule has 220 valence electrons. The van der Waals surface area contributed by atoms with Gasteiger partial charge >= 0.3 is 0 Å². The first kappa shape index (κ1) is 30.3. The molecule has 0 aromatic heterocycles. The number of carbonyl (C=O) groups is 1. The number of piperidine rings is 1. The van der Waals surface area contributed by atoms with E-state index in [0.29, 0.717) is 5.75 Å². The second kappa shape index (κ2) is 13.4. The van der Waals surface area contributed by atoms with Gasteiger partial charge in [-0.05, 0) is 74.2 Å². The first-order valence-corrected chi connectivity index (χ1v) is 15.2. The Kier molecular flexibility index (Phi) is 9.88. The Morgan fingerprint density at radius 2 is 1.54 bits per heavy atom. The molecule has 1 saturated heterocycles. The lowest BCUT2D eigenvalue weighted by atomic mass is 10.1. The minimum absolute atomic E-state index is 0.0914.